The molecule has 0 spiro atoms. The SMILES string of the molecule is CCOc1ccc(C(Br)c2cc(Br)c(F)cc2OC)cc1. The molecule has 0 aliphatic heterocycles. The third kappa shape index (κ3) is 3.77. The maximum absolute atomic E-state index is 13.6. The van der Waals surface area contributed by atoms with Gasteiger partial charge in [-0.25, -0.2) is 4.39 Å². The Morgan fingerprint density at radius 1 is 1.19 bits per heavy atom. The quantitative estimate of drug-likeness (QED) is 0.599. The van der Waals surface area contributed by atoms with Crippen LogP contribution >= 0.6 is 31.9 Å². The van der Waals surface area contributed by atoms with Crippen LogP contribution in [-0.4, -0.2) is 13.7 Å². The predicted molar refractivity (Wildman–Crippen MR) is 89.0 cm³/mol. The van der Waals surface area contributed by atoms with E-state index in [1.807, 2.05) is 31.2 Å². The fourth-order valence-corrected chi connectivity index (χ4v) is 3.02. The second-order valence-corrected chi connectivity index (χ2v) is 6.14. The topological polar surface area (TPSA) is 18.5 Å². The second-order valence-electron chi connectivity index (χ2n) is 4.37. The van der Waals surface area contributed by atoms with Crippen LogP contribution in [-0.2, 0) is 0 Å². The van der Waals surface area contributed by atoms with Crippen molar-refractivity contribution in [2.24, 2.45) is 0 Å². The van der Waals surface area contributed by atoms with Crippen LogP contribution in [0.25, 0.3) is 0 Å². The van der Waals surface area contributed by atoms with Crippen molar-refractivity contribution in [3.63, 3.8) is 0 Å². The second kappa shape index (κ2) is 7.27. The summed E-state index contributed by atoms with van der Waals surface area (Å²) in [5.41, 5.74) is 1.89. The Morgan fingerprint density at radius 3 is 2.43 bits per heavy atom. The van der Waals surface area contributed by atoms with E-state index < -0.39 is 0 Å². The molecule has 2 aromatic carbocycles. The van der Waals surface area contributed by atoms with Crippen LogP contribution in [0.3, 0.4) is 0 Å². The zero-order chi connectivity index (χ0) is 15.4. The Hall–Kier alpha value is -1.07. The summed E-state index contributed by atoms with van der Waals surface area (Å²) in [5.74, 6) is 0.988. The lowest BCUT2D eigenvalue weighted by molar-refractivity contribution is 0.340. The van der Waals surface area contributed by atoms with E-state index in [-0.39, 0.29) is 10.6 Å². The normalized spacial score (nSPS) is 12.0. The zero-order valence-electron chi connectivity index (χ0n) is 11.7. The summed E-state index contributed by atoms with van der Waals surface area (Å²) in [7, 11) is 1.53. The van der Waals surface area contributed by atoms with Gasteiger partial charge in [-0.3, -0.25) is 0 Å². The standard InChI is InChI=1S/C16H15Br2FO2/c1-3-21-11-6-4-10(5-7-11)16(18)12-8-13(17)14(19)9-15(12)20-2/h4-9,16H,3H2,1-2H3. The molecule has 0 N–H and O–H groups in total. The van der Waals surface area contributed by atoms with Crippen molar-refractivity contribution in [2.75, 3.05) is 13.7 Å². The summed E-state index contributed by atoms with van der Waals surface area (Å²) >= 11 is 6.85. The molecule has 112 valence electrons. The third-order valence-corrected chi connectivity index (χ3v) is 4.66. The Bertz CT molecular complexity index is 614. The van der Waals surface area contributed by atoms with E-state index in [0.29, 0.717) is 16.8 Å². The van der Waals surface area contributed by atoms with Gasteiger partial charge in [0.15, 0.2) is 0 Å². The van der Waals surface area contributed by atoms with Gasteiger partial charge in [0.05, 0.1) is 23.0 Å². The minimum Gasteiger partial charge on any atom is -0.496 e. The van der Waals surface area contributed by atoms with Crippen LogP contribution in [0.15, 0.2) is 40.9 Å². The Kier molecular flexibility index (Phi) is 5.65. The Labute approximate surface area is 140 Å². The van der Waals surface area contributed by atoms with Crippen molar-refractivity contribution in [3.8, 4) is 11.5 Å². The van der Waals surface area contributed by atoms with Gasteiger partial charge >= 0.3 is 0 Å². The number of methoxy groups -OCH3 is 1. The summed E-state index contributed by atoms with van der Waals surface area (Å²) in [6.45, 7) is 2.58. The van der Waals surface area contributed by atoms with Crippen LogP contribution in [0.2, 0.25) is 0 Å². The molecular weight excluding hydrogens is 403 g/mol. The summed E-state index contributed by atoms with van der Waals surface area (Å²) in [5, 5.41) is 0. The van der Waals surface area contributed by atoms with Gasteiger partial charge < -0.3 is 9.47 Å². The average molecular weight is 418 g/mol. The van der Waals surface area contributed by atoms with E-state index in [2.05, 4.69) is 31.9 Å². The Balaban J connectivity index is 2.34. The number of halogens is 3. The molecule has 0 radical (unpaired) electrons. The molecule has 0 aliphatic rings. The highest BCUT2D eigenvalue weighted by molar-refractivity contribution is 9.10. The summed E-state index contributed by atoms with van der Waals surface area (Å²) < 4.78 is 24.7. The van der Waals surface area contributed by atoms with Crippen molar-refractivity contribution in [1.82, 2.24) is 0 Å². The van der Waals surface area contributed by atoms with Crippen LogP contribution in [0.5, 0.6) is 11.5 Å². The number of benzene rings is 2. The lowest BCUT2D eigenvalue weighted by Crippen LogP contribution is -1.99. The number of alkyl halides is 1. The molecule has 1 atom stereocenters. The first-order valence-corrected chi connectivity index (χ1v) is 8.17. The molecule has 0 saturated carbocycles. The molecule has 0 heterocycles. The van der Waals surface area contributed by atoms with E-state index in [1.165, 1.54) is 13.2 Å². The van der Waals surface area contributed by atoms with Crippen LogP contribution < -0.4 is 9.47 Å². The molecule has 21 heavy (non-hydrogen) atoms. The number of rotatable bonds is 5. The minimum atomic E-state index is -0.345. The molecule has 2 nitrogen and oxygen atoms in total. The van der Waals surface area contributed by atoms with Gasteiger partial charge in [-0.1, -0.05) is 28.1 Å². The lowest BCUT2D eigenvalue weighted by Gasteiger charge is -2.16. The maximum Gasteiger partial charge on any atom is 0.141 e. The van der Waals surface area contributed by atoms with Crippen LogP contribution in [0.4, 0.5) is 4.39 Å². The van der Waals surface area contributed by atoms with Crippen LogP contribution in [0.1, 0.15) is 22.9 Å². The summed E-state index contributed by atoms with van der Waals surface area (Å²) in [6.07, 6.45) is 0. The van der Waals surface area contributed by atoms with Crippen molar-refractivity contribution in [1.29, 1.82) is 0 Å². The van der Waals surface area contributed by atoms with Gasteiger partial charge in [0.1, 0.15) is 17.3 Å². The summed E-state index contributed by atoms with van der Waals surface area (Å²) in [6, 6.07) is 10.9. The Morgan fingerprint density at radius 2 is 1.86 bits per heavy atom. The van der Waals surface area contributed by atoms with Gasteiger partial charge in [-0.15, -0.1) is 0 Å². The first kappa shape index (κ1) is 16.3. The molecular formula is C16H15Br2FO2. The van der Waals surface area contributed by atoms with E-state index in [9.17, 15) is 4.39 Å². The molecule has 0 saturated heterocycles. The highest BCUT2D eigenvalue weighted by Gasteiger charge is 2.18. The first-order valence-electron chi connectivity index (χ1n) is 6.46. The number of ether oxygens (including phenoxy) is 2. The largest absolute Gasteiger partial charge is 0.496 e. The van der Waals surface area contributed by atoms with E-state index >= 15 is 0 Å². The molecule has 0 aliphatic carbocycles. The van der Waals surface area contributed by atoms with Crippen LogP contribution in [0, 0.1) is 5.82 Å². The minimum absolute atomic E-state index is 0.0972. The maximum atomic E-state index is 13.6. The van der Waals surface area contributed by atoms with Gasteiger partial charge in [0, 0.05) is 11.6 Å². The van der Waals surface area contributed by atoms with Crippen molar-refractivity contribution < 1.29 is 13.9 Å². The summed E-state index contributed by atoms with van der Waals surface area (Å²) in [4.78, 5) is -0.0972. The first-order chi connectivity index (χ1) is 10.1. The molecule has 0 bridgehead atoms. The highest BCUT2D eigenvalue weighted by Crippen LogP contribution is 2.39. The molecule has 2 aromatic rings. The fourth-order valence-electron chi connectivity index (χ4n) is 2.00. The van der Waals surface area contributed by atoms with E-state index in [4.69, 9.17) is 9.47 Å². The molecule has 1 unspecified atom stereocenters. The molecule has 0 amide bonds. The van der Waals surface area contributed by atoms with Gasteiger partial charge in [-0.2, -0.15) is 0 Å². The monoisotopic (exact) mass is 416 g/mol. The van der Waals surface area contributed by atoms with Gasteiger partial charge in [-0.05, 0) is 46.6 Å². The van der Waals surface area contributed by atoms with E-state index in [0.717, 1.165) is 16.9 Å². The lowest BCUT2D eigenvalue weighted by atomic mass is 10.0. The third-order valence-electron chi connectivity index (χ3n) is 3.03. The molecule has 0 aromatic heterocycles. The van der Waals surface area contributed by atoms with E-state index in [1.54, 1.807) is 6.07 Å². The van der Waals surface area contributed by atoms with Gasteiger partial charge in [0.25, 0.3) is 0 Å². The zero-order valence-corrected chi connectivity index (χ0v) is 14.9. The predicted octanol–water partition coefficient (Wildman–Crippen LogP) is 5.48. The molecule has 5 heteroatoms. The fraction of sp³-hybridized carbons (Fsp3) is 0.250. The molecule has 0 fully saturated rings. The number of hydrogen-bond acceptors (Lipinski definition) is 2. The average Bonchev–Trinajstić information content (AvgIpc) is 2.50. The van der Waals surface area contributed by atoms with Crippen molar-refractivity contribution in [2.45, 2.75) is 11.8 Å². The highest BCUT2D eigenvalue weighted by atomic mass is 79.9. The smallest absolute Gasteiger partial charge is 0.141 e. The number of hydrogen-bond donors (Lipinski definition) is 0. The molecule has 2 rings (SSSR count). The van der Waals surface area contributed by atoms with Crippen molar-refractivity contribution in [3.05, 3.63) is 57.8 Å². The van der Waals surface area contributed by atoms with Crippen molar-refractivity contribution >= 4 is 31.9 Å². The van der Waals surface area contributed by atoms with Gasteiger partial charge in [0.2, 0.25) is 0 Å².